The number of nitrogens with two attached hydrogens (primary N) is 1. The molecule has 1 unspecified atom stereocenters. The molecule has 0 aliphatic carbocycles. The van der Waals surface area contributed by atoms with E-state index in [0.29, 0.717) is 18.7 Å². The Morgan fingerprint density at radius 2 is 2.15 bits per heavy atom. The first-order valence-electron chi connectivity index (χ1n) is 7.05. The van der Waals surface area contributed by atoms with Crippen LogP contribution in [0, 0.1) is 0 Å². The van der Waals surface area contributed by atoms with E-state index in [-0.39, 0.29) is 12.0 Å². The number of amides is 1. The average Bonchev–Trinajstić information content (AvgIpc) is 2.41. The number of carbonyl (C=O) groups excluding carboxylic acids is 1. The molecule has 0 bridgehead atoms. The van der Waals surface area contributed by atoms with Gasteiger partial charge in [0.1, 0.15) is 5.75 Å². The Morgan fingerprint density at radius 1 is 1.40 bits per heavy atom. The molecule has 2 N–H and O–H groups in total. The summed E-state index contributed by atoms with van der Waals surface area (Å²) in [7, 11) is 4.06. The first kappa shape index (κ1) is 14.7. The Bertz CT molecular complexity index is 488. The van der Waals surface area contributed by atoms with Crippen LogP contribution in [0.15, 0.2) is 18.2 Å². The monoisotopic (exact) mass is 277 g/mol. The van der Waals surface area contributed by atoms with Gasteiger partial charge in [0.2, 0.25) is 0 Å². The summed E-state index contributed by atoms with van der Waals surface area (Å²) in [6, 6.07) is 5.47. The van der Waals surface area contributed by atoms with E-state index in [2.05, 4.69) is 4.90 Å². The van der Waals surface area contributed by atoms with E-state index in [1.165, 1.54) is 0 Å². The molecule has 0 spiro atoms. The van der Waals surface area contributed by atoms with Crippen LogP contribution in [-0.4, -0.2) is 44.1 Å². The largest absolute Gasteiger partial charge is 0.478 e. The lowest BCUT2D eigenvalue weighted by atomic mass is 10.1. The summed E-state index contributed by atoms with van der Waals surface area (Å²) in [6.45, 7) is 3.59. The minimum absolute atomic E-state index is 0.0318. The van der Waals surface area contributed by atoms with Crippen molar-refractivity contribution in [2.24, 2.45) is 0 Å². The SMILES string of the molecule is CCC1Oc2ccc(N)cc2N(CCCN(C)C)C1=O. The van der Waals surface area contributed by atoms with Gasteiger partial charge in [-0.15, -0.1) is 0 Å². The Hall–Kier alpha value is -1.75. The fourth-order valence-electron chi connectivity index (χ4n) is 2.37. The predicted molar refractivity (Wildman–Crippen MR) is 81.1 cm³/mol. The molecule has 2 rings (SSSR count). The molecule has 0 fully saturated rings. The highest BCUT2D eigenvalue weighted by molar-refractivity contribution is 6.00. The fourth-order valence-corrected chi connectivity index (χ4v) is 2.37. The zero-order valence-corrected chi connectivity index (χ0v) is 12.4. The molecule has 20 heavy (non-hydrogen) atoms. The van der Waals surface area contributed by atoms with E-state index < -0.39 is 0 Å². The summed E-state index contributed by atoms with van der Waals surface area (Å²) in [6.07, 6.45) is 1.21. The second kappa shape index (κ2) is 6.13. The molecule has 1 aliphatic rings. The third-order valence-corrected chi connectivity index (χ3v) is 3.44. The van der Waals surface area contributed by atoms with Gasteiger partial charge in [-0.2, -0.15) is 0 Å². The molecular weight excluding hydrogens is 254 g/mol. The molecule has 0 aromatic heterocycles. The van der Waals surface area contributed by atoms with Crippen LogP contribution in [0.4, 0.5) is 11.4 Å². The third kappa shape index (κ3) is 3.04. The van der Waals surface area contributed by atoms with Crippen LogP contribution < -0.4 is 15.4 Å². The van der Waals surface area contributed by atoms with Gasteiger partial charge in [-0.05, 0) is 51.7 Å². The van der Waals surface area contributed by atoms with Crippen molar-refractivity contribution in [2.45, 2.75) is 25.9 Å². The number of nitrogen functional groups attached to an aromatic ring is 1. The molecule has 0 saturated carbocycles. The van der Waals surface area contributed by atoms with Crippen molar-refractivity contribution in [2.75, 3.05) is 37.8 Å². The Balaban J connectivity index is 2.23. The van der Waals surface area contributed by atoms with Gasteiger partial charge in [-0.25, -0.2) is 0 Å². The van der Waals surface area contributed by atoms with Crippen LogP contribution >= 0.6 is 0 Å². The molecule has 5 heteroatoms. The van der Waals surface area contributed by atoms with Crippen molar-refractivity contribution in [3.05, 3.63) is 18.2 Å². The first-order chi connectivity index (χ1) is 9.52. The standard InChI is InChI=1S/C15H23N3O2/c1-4-13-15(19)18(9-5-8-17(2)3)12-10-11(16)6-7-14(12)20-13/h6-7,10,13H,4-5,8-9,16H2,1-3H3. The summed E-state index contributed by atoms with van der Waals surface area (Å²) < 4.78 is 5.75. The smallest absolute Gasteiger partial charge is 0.268 e. The van der Waals surface area contributed by atoms with Crippen LogP contribution in [0.3, 0.4) is 0 Å². The highest BCUT2D eigenvalue weighted by Crippen LogP contribution is 2.36. The molecule has 1 atom stereocenters. The van der Waals surface area contributed by atoms with Crippen molar-refractivity contribution in [3.63, 3.8) is 0 Å². The van der Waals surface area contributed by atoms with Crippen LogP contribution in [-0.2, 0) is 4.79 Å². The number of rotatable bonds is 5. The minimum atomic E-state index is -0.384. The molecule has 5 nitrogen and oxygen atoms in total. The molecule has 1 amide bonds. The van der Waals surface area contributed by atoms with Crippen molar-refractivity contribution >= 4 is 17.3 Å². The Morgan fingerprint density at radius 3 is 2.80 bits per heavy atom. The molecule has 1 heterocycles. The number of hydrogen-bond acceptors (Lipinski definition) is 4. The number of fused-ring (bicyclic) bond motifs is 1. The number of benzene rings is 1. The number of nitrogens with zero attached hydrogens (tertiary/aromatic N) is 2. The highest BCUT2D eigenvalue weighted by atomic mass is 16.5. The van der Waals surface area contributed by atoms with Gasteiger partial charge in [0.25, 0.3) is 5.91 Å². The van der Waals surface area contributed by atoms with Crippen LogP contribution in [0.5, 0.6) is 5.75 Å². The summed E-state index contributed by atoms with van der Waals surface area (Å²) in [5.41, 5.74) is 7.27. The highest BCUT2D eigenvalue weighted by Gasteiger charge is 2.32. The zero-order valence-electron chi connectivity index (χ0n) is 12.4. The van der Waals surface area contributed by atoms with Gasteiger partial charge in [0.15, 0.2) is 6.10 Å². The molecule has 110 valence electrons. The van der Waals surface area contributed by atoms with Crippen LogP contribution in [0.25, 0.3) is 0 Å². The second-order valence-electron chi connectivity index (χ2n) is 5.39. The molecule has 1 aromatic rings. The third-order valence-electron chi connectivity index (χ3n) is 3.44. The van der Waals surface area contributed by atoms with Gasteiger partial charge < -0.3 is 20.3 Å². The molecule has 1 aliphatic heterocycles. The maximum Gasteiger partial charge on any atom is 0.268 e. The second-order valence-corrected chi connectivity index (χ2v) is 5.39. The van der Waals surface area contributed by atoms with E-state index >= 15 is 0 Å². The lowest BCUT2D eigenvalue weighted by Gasteiger charge is -2.34. The van der Waals surface area contributed by atoms with Gasteiger partial charge >= 0.3 is 0 Å². The lowest BCUT2D eigenvalue weighted by molar-refractivity contribution is -0.126. The van der Waals surface area contributed by atoms with Crippen molar-refractivity contribution in [3.8, 4) is 5.75 Å². The summed E-state index contributed by atoms with van der Waals surface area (Å²) in [5, 5.41) is 0. The van der Waals surface area contributed by atoms with Gasteiger partial charge in [-0.3, -0.25) is 4.79 Å². The quantitative estimate of drug-likeness (QED) is 0.833. The van der Waals surface area contributed by atoms with Crippen molar-refractivity contribution in [1.82, 2.24) is 4.90 Å². The number of ether oxygens (including phenoxy) is 1. The van der Waals surface area contributed by atoms with Crippen molar-refractivity contribution < 1.29 is 9.53 Å². The normalized spacial score (nSPS) is 18.1. The topological polar surface area (TPSA) is 58.8 Å². The fraction of sp³-hybridized carbons (Fsp3) is 0.533. The van der Waals surface area contributed by atoms with E-state index in [1.807, 2.05) is 38.1 Å². The maximum atomic E-state index is 12.5. The number of carbonyl (C=O) groups is 1. The van der Waals surface area contributed by atoms with Gasteiger partial charge in [0.05, 0.1) is 5.69 Å². The first-order valence-corrected chi connectivity index (χ1v) is 7.05. The lowest BCUT2D eigenvalue weighted by Crippen LogP contribution is -2.46. The number of anilines is 2. The van der Waals surface area contributed by atoms with Crippen molar-refractivity contribution in [1.29, 1.82) is 0 Å². The minimum Gasteiger partial charge on any atom is -0.478 e. The van der Waals surface area contributed by atoms with Crippen LogP contribution in [0.2, 0.25) is 0 Å². The maximum absolute atomic E-state index is 12.5. The number of hydrogen-bond donors (Lipinski definition) is 1. The predicted octanol–water partition coefficient (Wildman–Crippen LogP) is 1.72. The Labute approximate surface area is 120 Å². The van der Waals surface area contributed by atoms with E-state index in [0.717, 1.165) is 24.4 Å². The van der Waals surface area contributed by atoms with Gasteiger partial charge in [-0.1, -0.05) is 6.92 Å². The van der Waals surface area contributed by atoms with Gasteiger partial charge in [0, 0.05) is 12.2 Å². The van der Waals surface area contributed by atoms with E-state index in [4.69, 9.17) is 10.5 Å². The zero-order chi connectivity index (χ0) is 14.7. The Kier molecular flexibility index (Phi) is 4.49. The molecule has 0 radical (unpaired) electrons. The summed E-state index contributed by atoms with van der Waals surface area (Å²) >= 11 is 0. The summed E-state index contributed by atoms with van der Waals surface area (Å²) in [5.74, 6) is 0.778. The summed E-state index contributed by atoms with van der Waals surface area (Å²) in [4.78, 5) is 16.4. The van der Waals surface area contributed by atoms with E-state index in [9.17, 15) is 4.79 Å². The van der Waals surface area contributed by atoms with E-state index in [1.54, 1.807) is 6.07 Å². The molecule has 0 saturated heterocycles. The average molecular weight is 277 g/mol. The molecular formula is C15H23N3O2. The van der Waals surface area contributed by atoms with Crippen LogP contribution in [0.1, 0.15) is 19.8 Å². The molecule has 1 aromatic carbocycles.